The molecule has 2 heterocycles. The van der Waals surface area contributed by atoms with E-state index in [1.807, 2.05) is 18.2 Å². The molecule has 6 heteroatoms. The summed E-state index contributed by atoms with van der Waals surface area (Å²) in [6, 6.07) is 5.73. The van der Waals surface area contributed by atoms with Crippen LogP contribution in [0.5, 0.6) is 5.88 Å². The van der Waals surface area contributed by atoms with Gasteiger partial charge in [0.2, 0.25) is 5.88 Å². The second-order valence-electron chi connectivity index (χ2n) is 3.30. The van der Waals surface area contributed by atoms with Crippen LogP contribution in [0.3, 0.4) is 0 Å². The summed E-state index contributed by atoms with van der Waals surface area (Å²) in [6.45, 7) is 0.439. The third-order valence-electron chi connectivity index (χ3n) is 2.12. The van der Waals surface area contributed by atoms with Gasteiger partial charge in [0.15, 0.2) is 5.15 Å². The molecule has 0 bridgehead atoms. The van der Waals surface area contributed by atoms with E-state index in [1.165, 1.54) is 6.33 Å². The number of pyridine rings is 1. The second-order valence-corrected chi connectivity index (χ2v) is 3.66. The Balaban J connectivity index is 1.93. The van der Waals surface area contributed by atoms with Crippen LogP contribution in [0.1, 0.15) is 5.69 Å². The molecule has 0 saturated carbocycles. The van der Waals surface area contributed by atoms with Gasteiger partial charge in [-0.05, 0) is 12.1 Å². The number of rotatable bonds is 4. The molecule has 2 N–H and O–H groups in total. The lowest BCUT2D eigenvalue weighted by Gasteiger charge is -2.07. The van der Waals surface area contributed by atoms with Gasteiger partial charge in [-0.1, -0.05) is 17.7 Å². The highest BCUT2D eigenvalue weighted by molar-refractivity contribution is 6.32. The summed E-state index contributed by atoms with van der Waals surface area (Å²) >= 11 is 5.74. The van der Waals surface area contributed by atoms with E-state index in [-0.39, 0.29) is 10.8 Å². The molecule has 5 nitrogen and oxygen atoms in total. The maximum atomic E-state index is 5.74. The van der Waals surface area contributed by atoms with Crippen LogP contribution < -0.4 is 10.5 Å². The van der Waals surface area contributed by atoms with Gasteiger partial charge in [0.25, 0.3) is 0 Å². The van der Waals surface area contributed by atoms with Crippen LogP contribution in [0.15, 0.2) is 30.7 Å². The van der Waals surface area contributed by atoms with Crippen LogP contribution in [0, 0.1) is 0 Å². The molecule has 2 rings (SSSR count). The smallest absolute Gasteiger partial charge is 0.241 e. The number of anilines is 1. The zero-order chi connectivity index (χ0) is 12.1. The fraction of sp³-hybridized carbons (Fsp3) is 0.182. The van der Waals surface area contributed by atoms with E-state index in [2.05, 4.69) is 15.0 Å². The third-order valence-corrected chi connectivity index (χ3v) is 2.42. The molecule has 0 radical (unpaired) electrons. The van der Waals surface area contributed by atoms with E-state index in [4.69, 9.17) is 22.1 Å². The molecule has 0 spiro atoms. The first kappa shape index (κ1) is 11.6. The van der Waals surface area contributed by atoms with Crippen LogP contribution in [0.2, 0.25) is 5.15 Å². The number of nitrogens with zero attached hydrogens (tertiary/aromatic N) is 3. The van der Waals surface area contributed by atoms with Crippen molar-refractivity contribution in [3.05, 3.63) is 41.6 Å². The van der Waals surface area contributed by atoms with Gasteiger partial charge >= 0.3 is 0 Å². The van der Waals surface area contributed by atoms with Crippen molar-refractivity contribution in [2.75, 3.05) is 12.3 Å². The van der Waals surface area contributed by atoms with Gasteiger partial charge in [-0.25, -0.2) is 4.98 Å². The number of hydrogen-bond donors (Lipinski definition) is 1. The maximum Gasteiger partial charge on any atom is 0.241 e. The first-order valence-electron chi connectivity index (χ1n) is 5.06. The van der Waals surface area contributed by atoms with Gasteiger partial charge in [0.05, 0.1) is 6.61 Å². The minimum absolute atomic E-state index is 0.202. The Bertz CT molecular complexity index is 492. The van der Waals surface area contributed by atoms with Gasteiger partial charge in [0.1, 0.15) is 12.0 Å². The molecule has 0 aliphatic heterocycles. The Morgan fingerprint density at radius 1 is 1.24 bits per heavy atom. The molecule has 17 heavy (non-hydrogen) atoms. The van der Waals surface area contributed by atoms with E-state index >= 15 is 0 Å². The summed E-state index contributed by atoms with van der Waals surface area (Å²) in [6.07, 6.45) is 3.74. The summed E-state index contributed by atoms with van der Waals surface area (Å²) in [5, 5.41) is 0.202. The van der Waals surface area contributed by atoms with Crippen molar-refractivity contribution in [2.24, 2.45) is 0 Å². The average Bonchev–Trinajstić information content (AvgIpc) is 2.36. The molecule has 2 aromatic heterocycles. The van der Waals surface area contributed by atoms with Crippen molar-refractivity contribution in [1.29, 1.82) is 0 Å². The second kappa shape index (κ2) is 5.45. The van der Waals surface area contributed by atoms with E-state index in [0.29, 0.717) is 18.9 Å². The van der Waals surface area contributed by atoms with E-state index < -0.39 is 0 Å². The summed E-state index contributed by atoms with van der Waals surface area (Å²) in [5.41, 5.74) is 6.87. The average molecular weight is 251 g/mol. The highest BCUT2D eigenvalue weighted by Gasteiger charge is 2.06. The number of halogens is 1. The summed E-state index contributed by atoms with van der Waals surface area (Å²) in [5.74, 6) is 0.306. The van der Waals surface area contributed by atoms with Crippen LogP contribution >= 0.6 is 11.6 Å². The Morgan fingerprint density at radius 3 is 2.88 bits per heavy atom. The maximum absolute atomic E-state index is 5.74. The molecule has 0 aliphatic rings. The first-order chi connectivity index (χ1) is 8.27. The van der Waals surface area contributed by atoms with Crippen LogP contribution in [0.25, 0.3) is 0 Å². The van der Waals surface area contributed by atoms with Gasteiger partial charge in [-0.3, -0.25) is 4.98 Å². The number of nitrogen functional groups attached to an aromatic ring is 1. The van der Waals surface area contributed by atoms with Gasteiger partial charge in [0, 0.05) is 18.3 Å². The van der Waals surface area contributed by atoms with E-state index in [9.17, 15) is 0 Å². The van der Waals surface area contributed by atoms with Gasteiger partial charge in [-0.2, -0.15) is 4.98 Å². The summed E-state index contributed by atoms with van der Waals surface area (Å²) in [7, 11) is 0. The summed E-state index contributed by atoms with van der Waals surface area (Å²) < 4.78 is 5.42. The number of nitrogens with two attached hydrogens (primary N) is 1. The Labute approximate surface area is 104 Å². The Morgan fingerprint density at radius 2 is 2.12 bits per heavy atom. The van der Waals surface area contributed by atoms with Crippen LogP contribution in [0.4, 0.5) is 5.69 Å². The van der Waals surface area contributed by atoms with E-state index in [0.717, 1.165) is 5.69 Å². The largest absolute Gasteiger partial charge is 0.476 e. The highest BCUT2D eigenvalue weighted by atomic mass is 35.5. The Kier molecular flexibility index (Phi) is 3.72. The fourth-order valence-electron chi connectivity index (χ4n) is 1.27. The summed E-state index contributed by atoms with van der Waals surface area (Å²) in [4.78, 5) is 11.8. The minimum atomic E-state index is 0.202. The molecule has 2 aromatic rings. The van der Waals surface area contributed by atoms with Crippen molar-refractivity contribution < 1.29 is 4.74 Å². The van der Waals surface area contributed by atoms with Crippen LogP contribution in [-0.4, -0.2) is 21.6 Å². The molecule has 88 valence electrons. The molecule has 0 atom stereocenters. The number of aromatic nitrogens is 3. The molecular formula is C11H11ClN4O. The Hall–Kier alpha value is -1.88. The highest BCUT2D eigenvalue weighted by Crippen LogP contribution is 2.23. The molecule has 0 saturated heterocycles. The lowest BCUT2D eigenvalue weighted by molar-refractivity contribution is 0.309. The van der Waals surface area contributed by atoms with Crippen molar-refractivity contribution in [3.63, 3.8) is 0 Å². The quantitative estimate of drug-likeness (QED) is 0.837. The predicted octanol–water partition coefficient (Wildman–Crippen LogP) is 1.73. The first-order valence-corrected chi connectivity index (χ1v) is 5.44. The lowest BCUT2D eigenvalue weighted by atomic mass is 10.3. The normalized spacial score (nSPS) is 10.2. The SMILES string of the molecule is Nc1c(Cl)ncnc1OCCc1ccccn1. The van der Waals surface area contributed by atoms with Crippen molar-refractivity contribution in [2.45, 2.75) is 6.42 Å². The molecule has 0 aliphatic carbocycles. The van der Waals surface area contributed by atoms with Gasteiger partial charge < -0.3 is 10.5 Å². The van der Waals surface area contributed by atoms with Crippen molar-refractivity contribution in [1.82, 2.24) is 15.0 Å². The van der Waals surface area contributed by atoms with Crippen molar-refractivity contribution in [3.8, 4) is 5.88 Å². The van der Waals surface area contributed by atoms with Gasteiger partial charge in [-0.15, -0.1) is 0 Å². The lowest BCUT2D eigenvalue weighted by Crippen LogP contribution is -2.06. The predicted molar refractivity (Wildman–Crippen MR) is 64.9 cm³/mol. The number of hydrogen-bond acceptors (Lipinski definition) is 5. The molecule has 0 amide bonds. The standard InChI is InChI=1S/C11H11ClN4O/c12-10-9(13)11(16-7-15-10)17-6-4-8-3-1-2-5-14-8/h1-3,5,7H,4,6,13H2. The van der Waals surface area contributed by atoms with Crippen LogP contribution in [-0.2, 0) is 6.42 Å². The molecular weight excluding hydrogens is 240 g/mol. The fourth-order valence-corrected chi connectivity index (χ4v) is 1.40. The minimum Gasteiger partial charge on any atom is -0.476 e. The third kappa shape index (κ3) is 3.04. The van der Waals surface area contributed by atoms with E-state index in [1.54, 1.807) is 6.20 Å². The zero-order valence-corrected chi connectivity index (χ0v) is 9.76. The molecule has 0 aromatic carbocycles. The molecule has 0 fully saturated rings. The number of ether oxygens (including phenoxy) is 1. The monoisotopic (exact) mass is 250 g/mol. The molecule has 0 unspecified atom stereocenters. The zero-order valence-electron chi connectivity index (χ0n) is 9.01. The van der Waals surface area contributed by atoms with Crippen molar-refractivity contribution >= 4 is 17.3 Å². The topological polar surface area (TPSA) is 73.9 Å².